The Morgan fingerprint density at radius 2 is 1.54 bits per heavy atom. The zero-order valence-electron chi connectivity index (χ0n) is 28.2. The van der Waals surface area contributed by atoms with Gasteiger partial charge in [0.25, 0.3) is 0 Å². The maximum atomic E-state index is 13.1. The van der Waals surface area contributed by atoms with E-state index in [-0.39, 0.29) is 38.0 Å². The average Bonchev–Trinajstić information content (AvgIpc) is 3.06. The zero-order valence-corrected chi connectivity index (χ0v) is 28.2. The van der Waals surface area contributed by atoms with Crippen LogP contribution < -0.4 is 21.3 Å². The van der Waals surface area contributed by atoms with Crippen molar-refractivity contribution in [3.8, 4) is 0 Å². The van der Waals surface area contributed by atoms with Crippen LogP contribution in [0.3, 0.4) is 0 Å². The van der Waals surface area contributed by atoms with Crippen LogP contribution in [0, 0.1) is 5.92 Å². The van der Waals surface area contributed by atoms with Crippen LogP contribution in [-0.2, 0) is 56.1 Å². The minimum Gasteiger partial charge on any atom is -0.481 e. The predicted molar refractivity (Wildman–Crippen MR) is 172 cm³/mol. The molecule has 7 atom stereocenters. The summed E-state index contributed by atoms with van der Waals surface area (Å²) in [4.78, 5) is 84.1. The number of ether oxygens (including phenoxy) is 2. The van der Waals surface area contributed by atoms with Crippen molar-refractivity contribution in [2.75, 3.05) is 11.9 Å². The Bertz CT molecular complexity index is 1400. The SMILES string of the molecule is CCC(=O)OCc1ccc(NC(=O)[C@H](C)NC(=O)[C@@H](NC(=O)CNC(=O)CCC(=O)O)C(C)C)cc1CC[C@@H]1O[C@H](C(=O)O)[C@@H](O)[C@H](O)[C@H]1O. The van der Waals surface area contributed by atoms with E-state index in [9.17, 15) is 54.0 Å². The number of benzene rings is 1. The summed E-state index contributed by atoms with van der Waals surface area (Å²) in [5.74, 6) is -6.25. The third kappa shape index (κ3) is 12.7. The molecule has 0 aliphatic carbocycles. The van der Waals surface area contributed by atoms with Gasteiger partial charge in [-0.3, -0.25) is 28.8 Å². The fourth-order valence-corrected chi connectivity index (χ4v) is 4.90. The molecule has 0 spiro atoms. The van der Waals surface area contributed by atoms with Crippen molar-refractivity contribution in [2.45, 2.75) is 109 Å². The molecular formula is C32H46N4O14. The second-order valence-corrected chi connectivity index (χ2v) is 12.1. The average molecular weight is 711 g/mol. The molecule has 1 aliphatic heterocycles. The third-order valence-electron chi connectivity index (χ3n) is 7.83. The van der Waals surface area contributed by atoms with Crippen molar-refractivity contribution in [3.63, 3.8) is 0 Å². The smallest absolute Gasteiger partial charge is 0.335 e. The number of hydrogen-bond donors (Lipinski definition) is 9. The molecule has 1 fully saturated rings. The second kappa shape index (κ2) is 19.5. The first-order chi connectivity index (χ1) is 23.4. The fourth-order valence-electron chi connectivity index (χ4n) is 4.90. The Kier molecular flexibility index (Phi) is 16.2. The molecule has 1 aliphatic rings. The molecule has 9 N–H and O–H groups in total. The number of anilines is 1. The maximum absolute atomic E-state index is 13.1. The van der Waals surface area contributed by atoms with E-state index in [0.29, 0.717) is 11.1 Å². The van der Waals surface area contributed by atoms with Gasteiger partial charge in [0, 0.05) is 18.5 Å². The van der Waals surface area contributed by atoms with Crippen molar-refractivity contribution in [1.29, 1.82) is 0 Å². The third-order valence-corrected chi connectivity index (χ3v) is 7.83. The Hall–Kier alpha value is -4.65. The van der Waals surface area contributed by atoms with Gasteiger partial charge < -0.3 is 56.3 Å². The molecule has 4 amide bonds. The molecule has 1 aromatic carbocycles. The van der Waals surface area contributed by atoms with E-state index in [1.165, 1.54) is 13.0 Å². The Balaban J connectivity index is 2.11. The van der Waals surface area contributed by atoms with Crippen LogP contribution in [0.1, 0.15) is 64.5 Å². The second-order valence-electron chi connectivity index (χ2n) is 12.1. The molecule has 50 heavy (non-hydrogen) atoms. The number of carbonyl (C=O) groups excluding carboxylic acids is 5. The maximum Gasteiger partial charge on any atom is 0.335 e. The first-order valence-corrected chi connectivity index (χ1v) is 16.0. The number of carboxylic acid groups (broad SMARTS) is 2. The molecule has 0 aromatic heterocycles. The van der Waals surface area contributed by atoms with E-state index in [1.54, 1.807) is 32.9 Å². The number of amides is 4. The molecule has 18 nitrogen and oxygen atoms in total. The zero-order chi connectivity index (χ0) is 37.7. The van der Waals surface area contributed by atoms with Crippen LogP contribution in [-0.4, -0.2) is 116 Å². The summed E-state index contributed by atoms with van der Waals surface area (Å²) in [7, 11) is 0. The molecule has 0 unspecified atom stereocenters. The summed E-state index contributed by atoms with van der Waals surface area (Å²) in [6.07, 6.45) is -8.71. The molecule has 1 saturated heterocycles. The van der Waals surface area contributed by atoms with Gasteiger partial charge in [-0.15, -0.1) is 0 Å². The fraction of sp³-hybridized carbons (Fsp3) is 0.594. The van der Waals surface area contributed by atoms with E-state index < -0.39 is 103 Å². The first kappa shape index (κ1) is 41.5. The lowest BCUT2D eigenvalue weighted by Crippen LogP contribution is -2.59. The number of nitrogens with one attached hydrogen (secondary N) is 4. The van der Waals surface area contributed by atoms with E-state index in [4.69, 9.17) is 14.6 Å². The van der Waals surface area contributed by atoms with Gasteiger partial charge in [0.2, 0.25) is 23.6 Å². The largest absolute Gasteiger partial charge is 0.481 e. The predicted octanol–water partition coefficient (Wildman–Crippen LogP) is -1.43. The molecule has 0 radical (unpaired) electrons. The van der Waals surface area contributed by atoms with Gasteiger partial charge in [-0.2, -0.15) is 0 Å². The molecule has 0 saturated carbocycles. The number of aliphatic hydroxyl groups is 3. The van der Waals surface area contributed by atoms with Gasteiger partial charge >= 0.3 is 17.9 Å². The lowest BCUT2D eigenvalue weighted by atomic mass is 9.91. The number of aryl methyl sites for hydroxylation is 1. The minimum absolute atomic E-state index is 0.0262. The summed E-state index contributed by atoms with van der Waals surface area (Å²) in [5, 5.41) is 58.6. The number of aliphatic hydroxyl groups excluding tert-OH is 3. The van der Waals surface area contributed by atoms with Gasteiger partial charge in [-0.25, -0.2) is 4.79 Å². The van der Waals surface area contributed by atoms with Gasteiger partial charge in [-0.05, 0) is 48.9 Å². The number of hydrogen-bond acceptors (Lipinski definition) is 12. The summed E-state index contributed by atoms with van der Waals surface area (Å²) >= 11 is 0. The highest BCUT2D eigenvalue weighted by molar-refractivity contribution is 5.98. The lowest BCUT2D eigenvalue weighted by molar-refractivity contribution is -0.228. The van der Waals surface area contributed by atoms with Crippen LogP contribution in [0.25, 0.3) is 0 Å². The molecular weight excluding hydrogens is 664 g/mol. The van der Waals surface area contributed by atoms with Crippen LogP contribution in [0.4, 0.5) is 5.69 Å². The molecule has 1 aromatic rings. The quantitative estimate of drug-likeness (QED) is 0.0790. The molecule has 278 valence electrons. The van der Waals surface area contributed by atoms with Crippen molar-refractivity contribution < 1.29 is 68.6 Å². The number of carboxylic acids is 2. The van der Waals surface area contributed by atoms with Crippen LogP contribution in [0.15, 0.2) is 18.2 Å². The summed E-state index contributed by atoms with van der Waals surface area (Å²) in [6, 6.07) is 2.48. The first-order valence-electron chi connectivity index (χ1n) is 16.0. The van der Waals surface area contributed by atoms with Gasteiger partial charge in [0.05, 0.1) is 19.1 Å². The van der Waals surface area contributed by atoms with Gasteiger partial charge in [-0.1, -0.05) is 26.8 Å². The van der Waals surface area contributed by atoms with Crippen molar-refractivity contribution in [2.24, 2.45) is 5.92 Å². The van der Waals surface area contributed by atoms with E-state index in [2.05, 4.69) is 21.3 Å². The number of esters is 1. The minimum atomic E-state index is -1.85. The highest BCUT2D eigenvalue weighted by atomic mass is 16.6. The molecule has 0 bridgehead atoms. The highest BCUT2D eigenvalue weighted by Gasteiger charge is 2.46. The number of carbonyl (C=O) groups is 7. The Labute approximate surface area is 287 Å². The Morgan fingerprint density at radius 1 is 0.860 bits per heavy atom. The van der Waals surface area contributed by atoms with E-state index >= 15 is 0 Å². The Morgan fingerprint density at radius 3 is 2.14 bits per heavy atom. The van der Waals surface area contributed by atoms with Crippen LogP contribution >= 0.6 is 0 Å². The summed E-state index contributed by atoms with van der Waals surface area (Å²) < 4.78 is 10.6. The van der Waals surface area contributed by atoms with E-state index in [0.717, 1.165) is 0 Å². The normalized spacial score (nSPS) is 21.3. The monoisotopic (exact) mass is 710 g/mol. The molecule has 18 heteroatoms. The lowest BCUT2D eigenvalue weighted by Gasteiger charge is -2.39. The molecule has 2 rings (SSSR count). The topological polar surface area (TPSA) is 287 Å². The van der Waals surface area contributed by atoms with Crippen LogP contribution in [0.2, 0.25) is 0 Å². The standard InChI is InChI=1S/C32H46N4O14/c1-5-24(41)49-14-18-6-8-19(12-17(18)7-9-20-26(42)27(43)28(44)29(50-20)32(47)48)35-30(45)16(4)34-31(46)25(15(2)3)36-22(38)13-33-21(37)10-11-23(39)40/h6,8,12,15-16,20,25-29,42-44H,5,7,9-11,13-14H2,1-4H3,(H,33,37)(H,34,46)(H,35,45)(H,36,38)(H,39,40)(H,47,48)/t16-,20-,25-,26-,27+,28-,29-/m0/s1. The van der Waals surface area contributed by atoms with Gasteiger partial charge in [0.15, 0.2) is 6.10 Å². The van der Waals surface area contributed by atoms with E-state index in [1.807, 2.05) is 0 Å². The highest BCUT2D eigenvalue weighted by Crippen LogP contribution is 2.27. The number of rotatable bonds is 18. The van der Waals surface area contributed by atoms with Crippen LogP contribution in [0.5, 0.6) is 0 Å². The van der Waals surface area contributed by atoms with Crippen molar-refractivity contribution >= 4 is 47.2 Å². The molecule has 1 heterocycles. The summed E-state index contributed by atoms with van der Waals surface area (Å²) in [5.41, 5.74) is 1.32. The van der Waals surface area contributed by atoms with Crippen molar-refractivity contribution in [3.05, 3.63) is 29.3 Å². The number of aliphatic carboxylic acids is 2. The van der Waals surface area contributed by atoms with Gasteiger partial charge in [0.1, 0.15) is 37.0 Å². The van der Waals surface area contributed by atoms with Crippen molar-refractivity contribution in [1.82, 2.24) is 16.0 Å². The summed E-state index contributed by atoms with van der Waals surface area (Å²) in [6.45, 7) is 5.72.